The van der Waals surface area contributed by atoms with E-state index in [4.69, 9.17) is 9.47 Å². The third-order valence-electron chi connectivity index (χ3n) is 5.03. The van der Waals surface area contributed by atoms with Gasteiger partial charge in [0.25, 0.3) is 5.91 Å². The number of hydrogen-bond donors (Lipinski definition) is 1. The number of methoxy groups -OCH3 is 2. The topological polar surface area (TPSA) is 77.7 Å². The lowest BCUT2D eigenvalue weighted by molar-refractivity contribution is -0.118. The van der Waals surface area contributed by atoms with Gasteiger partial charge in [-0.2, -0.15) is 5.10 Å². The standard InChI is InChI=1S/C25H23FN4O3S/c1-32-22-12-18(19(26)13-23(22)33-2)14-27-29-24(31)16-34-25-28-20-10-6-7-11-21(20)30(25)15-17-8-4-3-5-9-17/h3-14H,15-16H2,1-2H3,(H,29,31)/b27-14+. The fourth-order valence-corrected chi connectivity index (χ4v) is 4.19. The number of benzene rings is 3. The second-order valence-corrected chi connectivity index (χ2v) is 8.21. The predicted molar refractivity (Wildman–Crippen MR) is 131 cm³/mol. The van der Waals surface area contributed by atoms with Gasteiger partial charge in [-0.1, -0.05) is 54.2 Å². The molecule has 1 amide bonds. The molecule has 0 unspecified atom stereocenters. The first-order valence-electron chi connectivity index (χ1n) is 10.4. The minimum Gasteiger partial charge on any atom is -0.493 e. The first-order chi connectivity index (χ1) is 16.6. The van der Waals surface area contributed by atoms with Crippen LogP contribution in [-0.2, 0) is 11.3 Å². The van der Waals surface area contributed by atoms with Crippen LogP contribution in [-0.4, -0.2) is 41.6 Å². The summed E-state index contributed by atoms with van der Waals surface area (Å²) in [5.41, 5.74) is 5.59. The van der Waals surface area contributed by atoms with Crippen LogP contribution in [0.4, 0.5) is 4.39 Å². The number of rotatable bonds is 9. The summed E-state index contributed by atoms with van der Waals surface area (Å²) in [5.74, 6) is -0.134. The fraction of sp³-hybridized carbons (Fsp3) is 0.160. The van der Waals surface area contributed by atoms with Gasteiger partial charge in [0.05, 0.1) is 43.8 Å². The van der Waals surface area contributed by atoms with E-state index in [0.29, 0.717) is 12.3 Å². The summed E-state index contributed by atoms with van der Waals surface area (Å²) in [4.78, 5) is 17.1. The highest BCUT2D eigenvalue weighted by atomic mass is 32.2. The first-order valence-corrected chi connectivity index (χ1v) is 11.4. The average Bonchev–Trinajstić information content (AvgIpc) is 3.21. The maximum Gasteiger partial charge on any atom is 0.250 e. The van der Waals surface area contributed by atoms with Gasteiger partial charge in [0.1, 0.15) is 5.82 Å². The normalized spacial score (nSPS) is 11.1. The Labute approximate surface area is 200 Å². The number of halogens is 1. The van der Waals surface area contributed by atoms with E-state index in [1.165, 1.54) is 44.3 Å². The van der Waals surface area contributed by atoms with Crippen molar-refractivity contribution < 1.29 is 18.7 Å². The van der Waals surface area contributed by atoms with Crippen LogP contribution in [0.2, 0.25) is 0 Å². The van der Waals surface area contributed by atoms with E-state index in [0.717, 1.165) is 21.8 Å². The van der Waals surface area contributed by atoms with Crippen molar-refractivity contribution in [3.63, 3.8) is 0 Å². The number of para-hydroxylation sites is 2. The number of fused-ring (bicyclic) bond motifs is 1. The fourth-order valence-electron chi connectivity index (χ4n) is 3.39. The molecule has 0 aliphatic heterocycles. The zero-order valence-electron chi connectivity index (χ0n) is 18.7. The Hall–Kier alpha value is -3.85. The Morgan fingerprint density at radius 2 is 1.79 bits per heavy atom. The highest BCUT2D eigenvalue weighted by Crippen LogP contribution is 2.29. The van der Waals surface area contributed by atoms with Crippen molar-refractivity contribution in [3.8, 4) is 11.5 Å². The smallest absolute Gasteiger partial charge is 0.250 e. The van der Waals surface area contributed by atoms with Crippen molar-refractivity contribution in [1.82, 2.24) is 15.0 Å². The molecule has 0 atom stereocenters. The number of hydrogen-bond acceptors (Lipinski definition) is 6. The lowest BCUT2D eigenvalue weighted by Gasteiger charge is -2.09. The Morgan fingerprint density at radius 3 is 2.56 bits per heavy atom. The summed E-state index contributed by atoms with van der Waals surface area (Å²) < 4.78 is 26.5. The molecule has 174 valence electrons. The summed E-state index contributed by atoms with van der Waals surface area (Å²) >= 11 is 1.32. The predicted octanol–water partition coefficient (Wildman–Crippen LogP) is 4.48. The maximum atomic E-state index is 14.2. The lowest BCUT2D eigenvalue weighted by atomic mass is 10.2. The van der Waals surface area contributed by atoms with E-state index in [-0.39, 0.29) is 23.0 Å². The number of aromatic nitrogens is 2. The number of nitrogens with one attached hydrogen (secondary N) is 1. The molecule has 1 heterocycles. The minimum absolute atomic E-state index is 0.101. The molecule has 0 aliphatic rings. The molecule has 0 saturated carbocycles. The molecule has 34 heavy (non-hydrogen) atoms. The molecular weight excluding hydrogens is 455 g/mol. The van der Waals surface area contributed by atoms with Gasteiger partial charge < -0.3 is 14.0 Å². The van der Waals surface area contributed by atoms with Crippen LogP contribution in [0.1, 0.15) is 11.1 Å². The summed E-state index contributed by atoms with van der Waals surface area (Å²) in [7, 11) is 2.89. The van der Waals surface area contributed by atoms with Crippen LogP contribution >= 0.6 is 11.8 Å². The lowest BCUT2D eigenvalue weighted by Crippen LogP contribution is -2.20. The van der Waals surface area contributed by atoms with Crippen molar-refractivity contribution in [2.24, 2.45) is 5.10 Å². The largest absolute Gasteiger partial charge is 0.493 e. The first kappa shape index (κ1) is 23.3. The van der Waals surface area contributed by atoms with E-state index in [2.05, 4.69) is 32.2 Å². The Balaban J connectivity index is 1.43. The number of nitrogens with zero attached hydrogens (tertiary/aromatic N) is 3. The molecule has 0 radical (unpaired) electrons. The summed E-state index contributed by atoms with van der Waals surface area (Å²) in [5, 5.41) is 4.61. The molecule has 0 fully saturated rings. The Bertz CT molecular complexity index is 1320. The molecule has 4 rings (SSSR count). The van der Waals surface area contributed by atoms with Crippen molar-refractivity contribution >= 4 is 34.9 Å². The Morgan fingerprint density at radius 1 is 1.09 bits per heavy atom. The zero-order chi connectivity index (χ0) is 23.9. The molecule has 0 bridgehead atoms. The van der Waals surface area contributed by atoms with Crippen molar-refractivity contribution in [2.75, 3.05) is 20.0 Å². The SMILES string of the molecule is COc1cc(F)c(/C=N/NC(=O)CSc2nc3ccccc3n2Cc2ccccc2)cc1OC. The van der Waals surface area contributed by atoms with Gasteiger partial charge in [0.15, 0.2) is 16.7 Å². The second-order valence-electron chi connectivity index (χ2n) is 7.27. The van der Waals surface area contributed by atoms with Gasteiger partial charge in [-0.05, 0) is 23.8 Å². The molecule has 0 spiro atoms. The summed E-state index contributed by atoms with van der Waals surface area (Å²) in [6, 6.07) is 20.6. The van der Waals surface area contributed by atoms with Crippen LogP contribution in [0.3, 0.4) is 0 Å². The molecule has 7 nitrogen and oxygen atoms in total. The molecule has 0 saturated heterocycles. The van der Waals surface area contributed by atoms with E-state index in [9.17, 15) is 9.18 Å². The third kappa shape index (κ3) is 5.37. The molecule has 9 heteroatoms. The number of carbonyl (C=O) groups excluding carboxylic acids is 1. The van der Waals surface area contributed by atoms with Gasteiger partial charge in [0.2, 0.25) is 0 Å². The highest BCUT2D eigenvalue weighted by Gasteiger charge is 2.14. The monoisotopic (exact) mass is 478 g/mol. The zero-order valence-corrected chi connectivity index (χ0v) is 19.5. The van der Waals surface area contributed by atoms with Crippen LogP contribution in [0.15, 0.2) is 77.0 Å². The minimum atomic E-state index is -0.542. The second kappa shape index (κ2) is 10.8. The van der Waals surface area contributed by atoms with Crippen LogP contribution in [0.5, 0.6) is 11.5 Å². The number of amides is 1. The molecule has 1 aromatic heterocycles. The van der Waals surface area contributed by atoms with E-state index in [1.807, 2.05) is 42.5 Å². The van der Waals surface area contributed by atoms with Crippen molar-refractivity contribution in [1.29, 1.82) is 0 Å². The van der Waals surface area contributed by atoms with Gasteiger partial charge >= 0.3 is 0 Å². The van der Waals surface area contributed by atoms with Gasteiger partial charge in [0, 0.05) is 11.6 Å². The summed E-state index contributed by atoms with van der Waals surface area (Å²) in [6.07, 6.45) is 1.23. The number of thioether (sulfide) groups is 1. The number of imidazole rings is 1. The van der Waals surface area contributed by atoms with E-state index in [1.54, 1.807) is 0 Å². The number of carbonyl (C=O) groups is 1. The molecular formula is C25H23FN4O3S. The van der Waals surface area contributed by atoms with Crippen molar-refractivity contribution in [2.45, 2.75) is 11.7 Å². The van der Waals surface area contributed by atoms with Crippen LogP contribution < -0.4 is 14.9 Å². The third-order valence-corrected chi connectivity index (χ3v) is 6.01. The highest BCUT2D eigenvalue weighted by molar-refractivity contribution is 7.99. The molecule has 0 aliphatic carbocycles. The van der Waals surface area contributed by atoms with Gasteiger partial charge in [-0.15, -0.1) is 0 Å². The van der Waals surface area contributed by atoms with E-state index < -0.39 is 5.82 Å². The van der Waals surface area contributed by atoms with Crippen LogP contribution in [0.25, 0.3) is 11.0 Å². The van der Waals surface area contributed by atoms with Crippen molar-refractivity contribution in [3.05, 3.63) is 83.7 Å². The van der Waals surface area contributed by atoms with Gasteiger partial charge in [-0.25, -0.2) is 14.8 Å². The van der Waals surface area contributed by atoms with Crippen LogP contribution in [0, 0.1) is 5.82 Å². The summed E-state index contributed by atoms with van der Waals surface area (Å²) in [6.45, 7) is 0.641. The van der Waals surface area contributed by atoms with Gasteiger partial charge in [-0.3, -0.25) is 4.79 Å². The molecule has 1 N–H and O–H groups in total. The number of hydrazone groups is 1. The van der Waals surface area contributed by atoms with E-state index >= 15 is 0 Å². The number of ether oxygens (including phenoxy) is 2. The molecule has 4 aromatic rings. The average molecular weight is 479 g/mol. The molecule has 3 aromatic carbocycles. The quantitative estimate of drug-likeness (QED) is 0.218. The Kier molecular flexibility index (Phi) is 7.44. The maximum absolute atomic E-state index is 14.2.